The van der Waals surface area contributed by atoms with Gasteiger partial charge in [0.25, 0.3) is 0 Å². The van der Waals surface area contributed by atoms with Crippen LogP contribution < -0.4 is 16.0 Å². The van der Waals surface area contributed by atoms with Crippen molar-refractivity contribution in [2.75, 3.05) is 6.54 Å². The minimum absolute atomic E-state index is 0.0319. The first-order valence-corrected chi connectivity index (χ1v) is 8.38. The molecule has 0 radical (unpaired) electrons. The van der Waals surface area contributed by atoms with E-state index in [9.17, 15) is 9.90 Å². The second-order valence-electron chi connectivity index (χ2n) is 7.95. The van der Waals surface area contributed by atoms with Crippen LogP contribution in [-0.2, 0) is 9.53 Å². The second-order valence-corrected chi connectivity index (χ2v) is 7.95. The van der Waals surface area contributed by atoms with E-state index < -0.39 is 17.6 Å². The molecule has 0 spiro atoms. The maximum Gasteiger partial charge on any atom is 0.326 e. The molecule has 0 unspecified atom stereocenters. The predicted molar refractivity (Wildman–Crippen MR) is 98.4 cm³/mol. The summed E-state index contributed by atoms with van der Waals surface area (Å²) in [5, 5.41) is 18.6. The molecule has 6 heteroatoms. The van der Waals surface area contributed by atoms with Crippen LogP contribution in [-0.4, -0.2) is 34.8 Å². The van der Waals surface area contributed by atoms with Crippen molar-refractivity contribution in [1.82, 2.24) is 16.0 Å². The molecule has 0 saturated heterocycles. The maximum atomic E-state index is 11.3. The Hall–Kier alpha value is -1.85. The van der Waals surface area contributed by atoms with Gasteiger partial charge in [-0.15, -0.1) is 0 Å². The van der Waals surface area contributed by atoms with E-state index in [-0.39, 0.29) is 11.4 Å². The first-order chi connectivity index (χ1) is 10.8. The summed E-state index contributed by atoms with van der Waals surface area (Å²) in [5.41, 5.74) is -0.437. The van der Waals surface area contributed by atoms with Crippen LogP contribution in [0.5, 0.6) is 0 Å². The van der Waals surface area contributed by atoms with Crippen molar-refractivity contribution >= 4 is 5.97 Å². The van der Waals surface area contributed by atoms with Crippen molar-refractivity contribution in [1.29, 1.82) is 0 Å². The topological polar surface area (TPSA) is 82.6 Å². The lowest BCUT2D eigenvalue weighted by Crippen LogP contribution is -2.40. The minimum atomic E-state index is -0.902. The van der Waals surface area contributed by atoms with Gasteiger partial charge in [0.1, 0.15) is 11.6 Å². The number of rotatable bonds is 11. The van der Waals surface area contributed by atoms with Gasteiger partial charge in [-0.25, -0.2) is 4.79 Å². The van der Waals surface area contributed by atoms with E-state index in [4.69, 9.17) is 4.74 Å². The van der Waals surface area contributed by atoms with Crippen molar-refractivity contribution in [3.63, 3.8) is 0 Å². The van der Waals surface area contributed by atoms with Crippen LogP contribution in [0.25, 0.3) is 0 Å². The number of hydrogen-bond acceptors (Lipinski definition) is 5. The van der Waals surface area contributed by atoms with Crippen molar-refractivity contribution in [2.45, 2.75) is 78.0 Å². The van der Waals surface area contributed by atoms with Gasteiger partial charge in [-0.3, -0.25) is 0 Å². The van der Waals surface area contributed by atoms with Crippen LogP contribution in [0.15, 0.2) is 24.9 Å². The fraction of sp³-hybridized carbons (Fsp3) is 0.722. The molecule has 0 aliphatic heterocycles. The number of carbonyl (C=O) groups is 1. The standard InChI is InChI=1S/C18H35N3O3/c1-13(21-17(3,4)5)19-12-10-9-11-15(16(22)23)20-14(2)24-18(6,7)8/h15,19-21H,1-2,9-12H2,3-8H3,(H,22,23)/t15-/m0/s1. The Morgan fingerprint density at radius 3 is 2.17 bits per heavy atom. The fourth-order valence-electron chi connectivity index (χ4n) is 2.06. The van der Waals surface area contributed by atoms with Crippen LogP contribution in [0.4, 0.5) is 0 Å². The Kier molecular flexibility index (Phi) is 8.72. The zero-order valence-electron chi connectivity index (χ0n) is 16.1. The average Bonchev–Trinajstić information content (AvgIpc) is 2.32. The number of carboxylic acid groups (broad SMARTS) is 1. The minimum Gasteiger partial charge on any atom is -0.480 e. The predicted octanol–water partition coefficient (Wildman–Crippen LogP) is 2.93. The van der Waals surface area contributed by atoms with E-state index in [0.29, 0.717) is 6.42 Å². The summed E-state index contributed by atoms with van der Waals surface area (Å²) < 4.78 is 5.52. The molecule has 140 valence electrons. The highest BCUT2D eigenvalue weighted by atomic mass is 16.5. The summed E-state index contributed by atoms with van der Waals surface area (Å²) in [4.78, 5) is 11.3. The largest absolute Gasteiger partial charge is 0.480 e. The summed E-state index contributed by atoms with van der Waals surface area (Å²) >= 11 is 0. The normalized spacial score (nSPS) is 12.9. The Labute approximate surface area is 146 Å². The second kappa shape index (κ2) is 9.45. The molecule has 1 atom stereocenters. The molecule has 4 N–H and O–H groups in total. The van der Waals surface area contributed by atoms with Gasteiger partial charge in [0.2, 0.25) is 0 Å². The van der Waals surface area contributed by atoms with Crippen LogP contribution >= 0.6 is 0 Å². The lowest BCUT2D eigenvalue weighted by atomic mass is 10.1. The number of hydrogen-bond donors (Lipinski definition) is 4. The molecule has 0 fully saturated rings. The van der Waals surface area contributed by atoms with E-state index in [1.165, 1.54) is 0 Å². The van der Waals surface area contributed by atoms with Crippen molar-refractivity contribution in [3.05, 3.63) is 24.9 Å². The SMILES string of the molecule is C=C(NCCCC[C@H](NC(=C)OC(C)(C)C)C(=O)O)NC(C)(C)C. The summed E-state index contributed by atoms with van der Waals surface area (Å²) in [6, 6.07) is -0.698. The molecule has 0 aromatic carbocycles. The lowest BCUT2D eigenvalue weighted by Gasteiger charge is -2.25. The Morgan fingerprint density at radius 2 is 1.71 bits per heavy atom. The Morgan fingerprint density at radius 1 is 1.12 bits per heavy atom. The third-order valence-electron chi connectivity index (χ3n) is 2.85. The van der Waals surface area contributed by atoms with Gasteiger partial charge in [-0.05, 0) is 67.4 Å². The number of ether oxygens (including phenoxy) is 1. The molecular formula is C18H35N3O3. The van der Waals surface area contributed by atoms with Gasteiger partial charge < -0.3 is 25.8 Å². The molecule has 0 saturated carbocycles. The van der Waals surface area contributed by atoms with E-state index in [2.05, 4.69) is 49.9 Å². The molecule has 0 aliphatic carbocycles. The molecule has 0 bridgehead atoms. The molecule has 0 heterocycles. The molecule has 0 amide bonds. The Balaban J connectivity index is 4.09. The van der Waals surface area contributed by atoms with Gasteiger partial charge in [0, 0.05) is 12.1 Å². The average molecular weight is 341 g/mol. The molecule has 0 aliphatic rings. The quantitative estimate of drug-likeness (QED) is 0.342. The van der Waals surface area contributed by atoms with Crippen molar-refractivity contribution in [3.8, 4) is 0 Å². The van der Waals surface area contributed by atoms with Gasteiger partial charge in [-0.1, -0.05) is 6.58 Å². The van der Waals surface area contributed by atoms with E-state index in [1.54, 1.807) is 0 Å². The van der Waals surface area contributed by atoms with E-state index >= 15 is 0 Å². The van der Waals surface area contributed by atoms with E-state index in [0.717, 1.165) is 25.2 Å². The number of aliphatic carboxylic acids is 1. The van der Waals surface area contributed by atoms with Crippen LogP contribution in [0.2, 0.25) is 0 Å². The summed E-state index contributed by atoms with van der Waals surface area (Å²) in [6.45, 7) is 20.3. The summed E-state index contributed by atoms with van der Waals surface area (Å²) in [7, 11) is 0. The fourth-order valence-corrected chi connectivity index (χ4v) is 2.06. The van der Waals surface area contributed by atoms with Crippen LogP contribution in [0.3, 0.4) is 0 Å². The first-order valence-electron chi connectivity index (χ1n) is 8.38. The van der Waals surface area contributed by atoms with Gasteiger partial charge in [-0.2, -0.15) is 0 Å². The highest BCUT2D eigenvalue weighted by Gasteiger charge is 2.20. The molecule has 24 heavy (non-hydrogen) atoms. The van der Waals surface area contributed by atoms with E-state index in [1.807, 2.05) is 20.8 Å². The number of nitrogens with one attached hydrogen (secondary N) is 3. The molecular weight excluding hydrogens is 306 g/mol. The highest BCUT2D eigenvalue weighted by molar-refractivity contribution is 5.73. The number of unbranched alkanes of at least 4 members (excludes halogenated alkanes) is 1. The molecule has 6 nitrogen and oxygen atoms in total. The lowest BCUT2D eigenvalue weighted by molar-refractivity contribution is -0.140. The third kappa shape index (κ3) is 12.7. The zero-order valence-corrected chi connectivity index (χ0v) is 16.1. The summed E-state index contributed by atoms with van der Waals surface area (Å²) in [6.07, 6.45) is 2.12. The summed E-state index contributed by atoms with van der Waals surface area (Å²) in [5.74, 6) is 0.165. The molecule has 0 aromatic rings. The third-order valence-corrected chi connectivity index (χ3v) is 2.85. The first kappa shape index (κ1) is 22.1. The van der Waals surface area contributed by atoms with Gasteiger partial charge in [0.05, 0.1) is 5.82 Å². The molecule has 0 aromatic heterocycles. The monoisotopic (exact) mass is 341 g/mol. The van der Waals surface area contributed by atoms with Crippen LogP contribution in [0, 0.1) is 0 Å². The highest BCUT2D eigenvalue weighted by Crippen LogP contribution is 2.12. The Bertz CT molecular complexity index is 434. The smallest absolute Gasteiger partial charge is 0.326 e. The molecule has 0 rings (SSSR count). The number of carboxylic acids is 1. The van der Waals surface area contributed by atoms with Crippen molar-refractivity contribution < 1.29 is 14.6 Å². The van der Waals surface area contributed by atoms with Crippen LogP contribution in [0.1, 0.15) is 60.8 Å². The van der Waals surface area contributed by atoms with Crippen molar-refractivity contribution in [2.24, 2.45) is 0 Å². The zero-order chi connectivity index (χ0) is 19.0. The maximum absolute atomic E-state index is 11.3. The van der Waals surface area contributed by atoms with Gasteiger partial charge in [0.15, 0.2) is 5.88 Å². The van der Waals surface area contributed by atoms with Gasteiger partial charge >= 0.3 is 5.97 Å².